The minimum atomic E-state index is 0.890. The van der Waals surface area contributed by atoms with Crippen molar-refractivity contribution in [3.05, 3.63) is 29.8 Å². The predicted molar refractivity (Wildman–Crippen MR) is 92.6 cm³/mol. The summed E-state index contributed by atoms with van der Waals surface area (Å²) in [5.74, 6) is 2.84. The highest BCUT2D eigenvalue weighted by Crippen LogP contribution is 2.33. The molecule has 0 saturated heterocycles. The molecule has 0 atom stereocenters. The lowest BCUT2D eigenvalue weighted by Gasteiger charge is -2.11. The Morgan fingerprint density at radius 3 is 2.64 bits per heavy atom. The van der Waals surface area contributed by atoms with E-state index < -0.39 is 0 Å². The zero-order valence-corrected chi connectivity index (χ0v) is 13.9. The van der Waals surface area contributed by atoms with E-state index in [4.69, 9.17) is 4.74 Å². The molecule has 0 bridgehead atoms. The van der Waals surface area contributed by atoms with Crippen LogP contribution in [-0.4, -0.2) is 32.7 Å². The zero-order chi connectivity index (χ0) is 15.6. The number of hydrogen-bond donors (Lipinski definition) is 2. The Balaban J connectivity index is 1.68. The van der Waals surface area contributed by atoms with Crippen molar-refractivity contribution in [1.82, 2.24) is 10.6 Å². The molecule has 0 unspecified atom stereocenters. The molecule has 1 saturated carbocycles. The molecule has 0 heterocycles. The van der Waals surface area contributed by atoms with Crippen LogP contribution in [0.3, 0.4) is 0 Å². The third-order valence-corrected chi connectivity index (χ3v) is 3.95. The van der Waals surface area contributed by atoms with Crippen LogP contribution in [-0.2, 0) is 6.42 Å². The molecule has 1 aromatic carbocycles. The van der Waals surface area contributed by atoms with Crippen molar-refractivity contribution in [2.75, 3.05) is 26.7 Å². The Labute approximate surface area is 134 Å². The Morgan fingerprint density at radius 1 is 1.23 bits per heavy atom. The van der Waals surface area contributed by atoms with Gasteiger partial charge in [0.2, 0.25) is 0 Å². The second kappa shape index (κ2) is 9.34. The lowest BCUT2D eigenvalue weighted by molar-refractivity contribution is 0.414. The largest absolute Gasteiger partial charge is 0.497 e. The Bertz CT molecular complexity index is 452. The summed E-state index contributed by atoms with van der Waals surface area (Å²) in [6.45, 7) is 4.82. The van der Waals surface area contributed by atoms with Gasteiger partial charge in [-0.3, -0.25) is 4.99 Å². The highest BCUT2D eigenvalue weighted by molar-refractivity contribution is 5.79. The predicted octanol–water partition coefficient (Wildman–Crippen LogP) is 2.98. The van der Waals surface area contributed by atoms with Crippen LogP contribution >= 0.6 is 0 Å². The topological polar surface area (TPSA) is 45.7 Å². The minimum Gasteiger partial charge on any atom is -0.497 e. The summed E-state index contributed by atoms with van der Waals surface area (Å²) in [6, 6.07) is 8.24. The lowest BCUT2D eigenvalue weighted by Crippen LogP contribution is -2.38. The average molecular weight is 303 g/mol. The highest BCUT2D eigenvalue weighted by Gasteiger charge is 2.19. The minimum absolute atomic E-state index is 0.890. The van der Waals surface area contributed by atoms with Gasteiger partial charge in [-0.1, -0.05) is 25.0 Å². The molecule has 1 aliphatic carbocycles. The van der Waals surface area contributed by atoms with Crippen LogP contribution in [0.15, 0.2) is 29.3 Å². The number of nitrogens with one attached hydrogen (secondary N) is 2. The number of aliphatic imine (C=N–C) groups is 1. The van der Waals surface area contributed by atoms with E-state index in [1.807, 2.05) is 12.1 Å². The Morgan fingerprint density at radius 2 is 2.00 bits per heavy atom. The molecule has 1 fully saturated rings. The first-order chi connectivity index (χ1) is 10.8. The third-order valence-electron chi connectivity index (χ3n) is 3.95. The van der Waals surface area contributed by atoms with Gasteiger partial charge in [0, 0.05) is 19.6 Å². The van der Waals surface area contributed by atoms with Crippen molar-refractivity contribution in [1.29, 1.82) is 0 Å². The molecule has 2 N–H and O–H groups in total. The molecule has 4 heteroatoms. The van der Waals surface area contributed by atoms with E-state index in [1.165, 1.54) is 31.2 Å². The summed E-state index contributed by atoms with van der Waals surface area (Å²) in [5.41, 5.74) is 1.30. The molecule has 4 nitrogen and oxygen atoms in total. The van der Waals surface area contributed by atoms with Gasteiger partial charge in [0.1, 0.15) is 5.75 Å². The summed E-state index contributed by atoms with van der Waals surface area (Å²) >= 11 is 0. The van der Waals surface area contributed by atoms with E-state index in [0.717, 1.165) is 43.7 Å². The van der Waals surface area contributed by atoms with E-state index in [2.05, 4.69) is 34.7 Å². The SMILES string of the molecule is CCNC(=NCCCC1CC1)NCCc1ccc(OC)cc1. The number of hydrogen-bond acceptors (Lipinski definition) is 2. The molecule has 0 aromatic heterocycles. The number of methoxy groups -OCH3 is 1. The third kappa shape index (κ3) is 6.37. The molecule has 122 valence electrons. The molecule has 0 spiro atoms. The number of ether oxygens (including phenoxy) is 1. The maximum atomic E-state index is 5.18. The van der Waals surface area contributed by atoms with Crippen LogP contribution in [0.4, 0.5) is 0 Å². The number of rotatable bonds is 9. The standard InChI is InChI=1S/C18H29N3O/c1-3-19-18(20-13-4-5-15-6-7-15)21-14-12-16-8-10-17(22-2)11-9-16/h8-11,15H,3-7,12-14H2,1-2H3,(H2,19,20,21). The van der Waals surface area contributed by atoms with Crippen LogP contribution < -0.4 is 15.4 Å². The fraction of sp³-hybridized carbons (Fsp3) is 0.611. The van der Waals surface area contributed by atoms with Crippen molar-refractivity contribution in [2.45, 2.75) is 39.0 Å². The van der Waals surface area contributed by atoms with Gasteiger partial charge in [-0.15, -0.1) is 0 Å². The van der Waals surface area contributed by atoms with Gasteiger partial charge in [0.05, 0.1) is 7.11 Å². The Kier molecular flexibility index (Phi) is 7.07. The summed E-state index contributed by atoms with van der Waals surface area (Å²) in [6.07, 6.45) is 6.40. The van der Waals surface area contributed by atoms with E-state index in [-0.39, 0.29) is 0 Å². The van der Waals surface area contributed by atoms with Crippen LogP contribution in [0.1, 0.15) is 38.2 Å². The molecular weight excluding hydrogens is 274 g/mol. The number of guanidine groups is 1. The zero-order valence-electron chi connectivity index (χ0n) is 13.9. The van der Waals surface area contributed by atoms with Crippen molar-refractivity contribution in [2.24, 2.45) is 10.9 Å². The summed E-state index contributed by atoms with van der Waals surface area (Å²) in [7, 11) is 1.69. The molecule has 0 aliphatic heterocycles. The summed E-state index contributed by atoms with van der Waals surface area (Å²) in [5, 5.41) is 6.72. The van der Waals surface area contributed by atoms with E-state index >= 15 is 0 Å². The van der Waals surface area contributed by atoms with Crippen molar-refractivity contribution in [3.63, 3.8) is 0 Å². The van der Waals surface area contributed by atoms with Crippen LogP contribution in [0.5, 0.6) is 5.75 Å². The molecule has 0 radical (unpaired) electrons. The monoisotopic (exact) mass is 303 g/mol. The van der Waals surface area contributed by atoms with Gasteiger partial charge in [-0.2, -0.15) is 0 Å². The highest BCUT2D eigenvalue weighted by atomic mass is 16.5. The van der Waals surface area contributed by atoms with Gasteiger partial charge >= 0.3 is 0 Å². The smallest absolute Gasteiger partial charge is 0.191 e. The Hall–Kier alpha value is -1.71. The molecule has 22 heavy (non-hydrogen) atoms. The van der Waals surface area contributed by atoms with E-state index in [0.29, 0.717) is 0 Å². The van der Waals surface area contributed by atoms with Crippen molar-refractivity contribution < 1.29 is 4.74 Å². The second-order valence-electron chi connectivity index (χ2n) is 5.87. The fourth-order valence-corrected chi connectivity index (χ4v) is 2.44. The lowest BCUT2D eigenvalue weighted by atomic mass is 10.1. The van der Waals surface area contributed by atoms with Crippen LogP contribution in [0.2, 0.25) is 0 Å². The van der Waals surface area contributed by atoms with Gasteiger partial charge < -0.3 is 15.4 Å². The summed E-state index contributed by atoms with van der Waals surface area (Å²) in [4.78, 5) is 4.65. The first kappa shape index (κ1) is 16.7. The van der Waals surface area contributed by atoms with Gasteiger partial charge in [-0.05, 0) is 49.8 Å². The molecule has 2 rings (SSSR count). The van der Waals surface area contributed by atoms with E-state index in [1.54, 1.807) is 7.11 Å². The second-order valence-corrected chi connectivity index (χ2v) is 5.87. The molecular formula is C18H29N3O. The van der Waals surface area contributed by atoms with Gasteiger partial charge in [0.15, 0.2) is 5.96 Å². The first-order valence-electron chi connectivity index (χ1n) is 8.47. The first-order valence-corrected chi connectivity index (χ1v) is 8.47. The molecule has 1 aromatic rings. The van der Waals surface area contributed by atoms with E-state index in [9.17, 15) is 0 Å². The molecule has 1 aliphatic rings. The number of nitrogens with zero attached hydrogens (tertiary/aromatic N) is 1. The van der Waals surface area contributed by atoms with Crippen molar-refractivity contribution >= 4 is 5.96 Å². The molecule has 0 amide bonds. The summed E-state index contributed by atoms with van der Waals surface area (Å²) < 4.78 is 5.18. The normalized spacial score (nSPS) is 14.7. The van der Waals surface area contributed by atoms with Gasteiger partial charge in [-0.25, -0.2) is 0 Å². The maximum absolute atomic E-state index is 5.18. The fourth-order valence-electron chi connectivity index (χ4n) is 2.44. The average Bonchev–Trinajstić information content (AvgIpc) is 3.36. The maximum Gasteiger partial charge on any atom is 0.191 e. The number of benzene rings is 1. The van der Waals surface area contributed by atoms with Crippen LogP contribution in [0.25, 0.3) is 0 Å². The van der Waals surface area contributed by atoms with Crippen molar-refractivity contribution in [3.8, 4) is 5.75 Å². The quantitative estimate of drug-likeness (QED) is 0.419. The van der Waals surface area contributed by atoms with Crippen LogP contribution in [0, 0.1) is 5.92 Å². The van der Waals surface area contributed by atoms with Gasteiger partial charge in [0.25, 0.3) is 0 Å².